The lowest BCUT2D eigenvalue weighted by molar-refractivity contribution is -0.143. The number of hydrogen-bond acceptors (Lipinski definition) is 4. The molecule has 4 heterocycles. The monoisotopic (exact) mass is 495 g/mol. The number of carbonyl (C=O) groups is 2. The quantitative estimate of drug-likeness (QED) is 0.372. The second-order valence-electron chi connectivity index (χ2n) is 9.10. The van der Waals surface area contributed by atoms with Crippen molar-refractivity contribution in [3.05, 3.63) is 66.7 Å². The number of carbonyl (C=O) groups excluding carboxylic acids is 2. The van der Waals surface area contributed by atoms with Gasteiger partial charge in [0, 0.05) is 56.4 Å². The first-order chi connectivity index (χ1) is 17.2. The molecule has 0 unspecified atom stereocenters. The van der Waals surface area contributed by atoms with E-state index in [1.165, 1.54) is 0 Å². The zero-order valence-corrected chi connectivity index (χ0v) is 19.6. The van der Waals surface area contributed by atoms with Crippen LogP contribution >= 0.6 is 0 Å². The third kappa shape index (κ3) is 5.02. The van der Waals surface area contributed by atoms with Gasteiger partial charge in [-0.3, -0.25) is 18.7 Å². The number of fused-ring (bicyclic) bond motifs is 1. The Balaban J connectivity index is 1.32. The summed E-state index contributed by atoms with van der Waals surface area (Å²) in [5.74, 6) is -0.374. The first-order valence-corrected chi connectivity index (χ1v) is 11.6. The molecular weight excluding hydrogens is 471 g/mol. The van der Waals surface area contributed by atoms with Crippen LogP contribution in [0.25, 0.3) is 28.0 Å². The zero-order valence-electron chi connectivity index (χ0n) is 19.6. The molecular formula is C26H24F3N5O2. The van der Waals surface area contributed by atoms with Crippen molar-refractivity contribution in [2.75, 3.05) is 13.1 Å². The summed E-state index contributed by atoms with van der Waals surface area (Å²) >= 11 is 0. The second kappa shape index (κ2) is 9.25. The van der Waals surface area contributed by atoms with Gasteiger partial charge in [-0.25, -0.2) is 4.98 Å². The standard InChI is InChI=1S/C26H24F3N5O2/c1-17(35)32-15-22(16-32)34-14-21(12-31-34)19-6-8-33-24(13-30-25(33)11-19)20-4-2-3-18(9-20)10-23(36)5-7-26(27,28)29/h2-4,6,8-9,11-14,22H,5,7,10,15-16H2,1H3. The Hall–Kier alpha value is -3.95. The molecule has 0 spiro atoms. The van der Waals surface area contributed by atoms with Crippen molar-refractivity contribution in [2.45, 2.75) is 38.4 Å². The summed E-state index contributed by atoms with van der Waals surface area (Å²) in [6.45, 7) is 2.88. The van der Waals surface area contributed by atoms with Crippen LogP contribution in [0, 0.1) is 0 Å². The van der Waals surface area contributed by atoms with E-state index in [0.717, 1.165) is 28.0 Å². The Morgan fingerprint density at radius 2 is 1.86 bits per heavy atom. The minimum absolute atomic E-state index is 0.0417. The molecule has 0 N–H and O–H groups in total. The number of halogens is 3. The molecule has 0 radical (unpaired) electrons. The van der Waals surface area contributed by atoms with E-state index in [-0.39, 0.29) is 18.4 Å². The summed E-state index contributed by atoms with van der Waals surface area (Å²) in [6, 6.07) is 11.3. The summed E-state index contributed by atoms with van der Waals surface area (Å²) in [6.07, 6.45) is 1.42. The molecule has 4 aromatic rings. The summed E-state index contributed by atoms with van der Waals surface area (Å²) < 4.78 is 41.0. The highest BCUT2D eigenvalue weighted by atomic mass is 19.4. The molecule has 1 aliphatic rings. The number of aromatic nitrogens is 4. The number of likely N-dealkylation sites (tertiary alicyclic amines) is 1. The Kier molecular flexibility index (Phi) is 6.11. The van der Waals surface area contributed by atoms with Crippen LogP contribution in [-0.2, 0) is 16.0 Å². The van der Waals surface area contributed by atoms with Crippen LogP contribution in [0.2, 0.25) is 0 Å². The number of imidazole rings is 1. The predicted molar refractivity (Wildman–Crippen MR) is 127 cm³/mol. The van der Waals surface area contributed by atoms with Crippen LogP contribution in [0.1, 0.15) is 31.4 Å². The number of amides is 1. The van der Waals surface area contributed by atoms with Gasteiger partial charge in [-0.1, -0.05) is 18.2 Å². The van der Waals surface area contributed by atoms with E-state index in [4.69, 9.17) is 0 Å². The number of benzene rings is 1. The smallest absolute Gasteiger partial charge is 0.339 e. The molecule has 1 saturated heterocycles. The number of hydrogen-bond donors (Lipinski definition) is 0. The highest BCUT2D eigenvalue weighted by Crippen LogP contribution is 2.28. The van der Waals surface area contributed by atoms with Crippen LogP contribution < -0.4 is 0 Å². The zero-order chi connectivity index (χ0) is 25.4. The third-order valence-electron chi connectivity index (χ3n) is 6.44. The fraction of sp³-hybridized carbons (Fsp3) is 0.308. The van der Waals surface area contributed by atoms with E-state index in [1.54, 1.807) is 36.4 Å². The molecule has 186 valence electrons. The number of pyridine rings is 1. The molecule has 10 heteroatoms. The van der Waals surface area contributed by atoms with Gasteiger partial charge >= 0.3 is 6.18 Å². The molecule has 36 heavy (non-hydrogen) atoms. The predicted octanol–water partition coefficient (Wildman–Crippen LogP) is 4.72. The minimum atomic E-state index is -4.33. The summed E-state index contributed by atoms with van der Waals surface area (Å²) in [5.41, 5.74) is 4.94. The van der Waals surface area contributed by atoms with Crippen molar-refractivity contribution >= 4 is 17.3 Å². The van der Waals surface area contributed by atoms with E-state index >= 15 is 0 Å². The van der Waals surface area contributed by atoms with Crippen LogP contribution in [-0.4, -0.2) is 55.0 Å². The first kappa shape index (κ1) is 23.8. The van der Waals surface area contributed by atoms with Gasteiger partial charge in [0.25, 0.3) is 0 Å². The average Bonchev–Trinajstić information content (AvgIpc) is 3.43. The van der Waals surface area contributed by atoms with Gasteiger partial charge in [-0.05, 0) is 29.3 Å². The van der Waals surface area contributed by atoms with Crippen molar-refractivity contribution in [1.29, 1.82) is 0 Å². The van der Waals surface area contributed by atoms with Crippen molar-refractivity contribution in [3.8, 4) is 22.4 Å². The van der Waals surface area contributed by atoms with E-state index in [1.807, 2.05) is 45.7 Å². The topological polar surface area (TPSA) is 72.5 Å². The Morgan fingerprint density at radius 3 is 2.61 bits per heavy atom. The lowest BCUT2D eigenvalue weighted by Gasteiger charge is -2.38. The molecule has 1 amide bonds. The van der Waals surface area contributed by atoms with Gasteiger partial charge in [-0.15, -0.1) is 0 Å². The third-order valence-corrected chi connectivity index (χ3v) is 6.44. The Bertz CT molecular complexity index is 1430. The number of ketones is 1. The van der Waals surface area contributed by atoms with E-state index < -0.39 is 24.8 Å². The second-order valence-corrected chi connectivity index (χ2v) is 9.10. The molecule has 0 saturated carbocycles. The van der Waals surface area contributed by atoms with Gasteiger partial charge in [0.2, 0.25) is 5.91 Å². The van der Waals surface area contributed by atoms with E-state index in [2.05, 4.69) is 10.1 Å². The summed E-state index contributed by atoms with van der Waals surface area (Å²) in [5, 5.41) is 4.46. The molecule has 0 bridgehead atoms. The van der Waals surface area contributed by atoms with Crippen LogP contribution in [0.5, 0.6) is 0 Å². The highest BCUT2D eigenvalue weighted by molar-refractivity contribution is 5.81. The molecule has 1 aromatic carbocycles. The molecule has 5 rings (SSSR count). The first-order valence-electron chi connectivity index (χ1n) is 11.6. The van der Waals surface area contributed by atoms with Crippen molar-refractivity contribution in [3.63, 3.8) is 0 Å². The number of Topliss-reactive ketones (excluding diaryl/α,β-unsaturated/α-hetero) is 1. The van der Waals surface area contributed by atoms with Crippen LogP contribution in [0.4, 0.5) is 13.2 Å². The van der Waals surface area contributed by atoms with Gasteiger partial charge in [0.05, 0.1) is 30.6 Å². The van der Waals surface area contributed by atoms with Gasteiger partial charge in [0.15, 0.2) is 0 Å². The molecule has 1 fully saturated rings. The maximum absolute atomic E-state index is 12.4. The van der Waals surface area contributed by atoms with E-state index in [9.17, 15) is 22.8 Å². The highest BCUT2D eigenvalue weighted by Gasteiger charge is 2.30. The number of rotatable bonds is 7. The van der Waals surface area contributed by atoms with Crippen molar-refractivity contribution in [2.24, 2.45) is 0 Å². The average molecular weight is 496 g/mol. The summed E-state index contributed by atoms with van der Waals surface area (Å²) in [4.78, 5) is 29.7. The maximum Gasteiger partial charge on any atom is 0.389 e. The Morgan fingerprint density at radius 1 is 1.06 bits per heavy atom. The lowest BCUT2D eigenvalue weighted by atomic mass is 10.0. The Labute approximate surface area is 205 Å². The molecule has 3 aromatic heterocycles. The SMILES string of the molecule is CC(=O)N1CC(n2cc(-c3ccn4c(-c5cccc(CC(=O)CCC(F)(F)F)c5)cnc4c3)cn2)C1. The molecule has 0 aliphatic carbocycles. The van der Waals surface area contributed by atoms with E-state index in [0.29, 0.717) is 18.7 Å². The van der Waals surface area contributed by atoms with Gasteiger partial charge in [-0.2, -0.15) is 18.3 Å². The van der Waals surface area contributed by atoms with Gasteiger partial charge in [0.1, 0.15) is 11.4 Å². The van der Waals surface area contributed by atoms with Crippen LogP contribution in [0.15, 0.2) is 61.2 Å². The fourth-order valence-corrected chi connectivity index (χ4v) is 4.38. The lowest BCUT2D eigenvalue weighted by Crippen LogP contribution is -2.49. The van der Waals surface area contributed by atoms with Crippen molar-refractivity contribution in [1.82, 2.24) is 24.1 Å². The molecule has 1 aliphatic heterocycles. The molecule has 7 nitrogen and oxygen atoms in total. The largest absolute Gasteiger partial charge is 0.389 e. The molecule has 0 atom stereocenters. The van der Waals surface area contributed by atoms with Crippen molar-refractivity contribution < 1.29 is 22.8 Å². The minimum Gasteiger partial charge on any atom is -0.339 e. The maximum atomic E-state index is 12.4. The normalized spacial score (nSPS) is 14.3. The number of nitrogens with zero attached hydrogens (tertiary/aromatic N) is 5. The fourth-order valence-electron chi connectivity index (χ4n) is 4.38. The van der Waals surface area contributed by atoms with Gasteiger partial charge < -0.3 is 4.90 Å². The van der Waals surface area contributed by atoms with Crippen LogP contribution in [0.3, 0.4) is 0 Å². The summed E-state index contributed by atoms with van der Waals surface area (Å²) in [7, 11) is 0. The number of alkyl halides is 3.